The van der Waals surface area contributed by atoms with Gasteiger partial charge in [0.2, 0.25) is 6.79 Å². The quantitative estimate of drug-likeness (QED) is 0.763. The highest BCUT2D eigenvalue weighted by atomic mass is 16.7. The molecule has 2 rings (SSSR count). The molecule has 6 heteroatoms. The summed E-state index contributed by atoms with van der Waals surface area (Å²) in [6.07, 6.45) is 0.292. The molecule has 0 aromatic heterocycles. The molecule has 1 aromatic carbocycles. The Bertz CT molecular complexity index is 423. The van der Waals surface area contributed by atoms with Gasteiger partial charge in [0, 0.05) is 6.54 Å². The molecular weight excluding hydrogens is 236 g/mol. The molecule has 0 unspecified atom stereocenters. The first-order valence-electron chi connectivity index (χ1n) is 5.79. The lowest BCUT2D eigenvalue weighted by Gasteiger charge is -2.07. The van der Waals surface area contributed by atoms with E-state index in [1.165, 1.54) is 0 Å². The second-order valence-corrected chi connectivity index (χ2v) is 3.83. The van der Waals surface area contributed by atoms with Gasteiger partial charge in [-0.15, -0.1) is 0 Å². The van der Waals surface area contributed by atoms with Gasteiger partial charge >= 0.3 is 6.09 Å². The number of carbonyl (C=O) groups is 1. The molecule has 0 spiro atoms. The fourth-order valence-corrected chi connectivity index (χ4v) is 1.52. The maximum Gasteiger partial charge on any atom is 0.407 e. The van der Waals surface area contributed by atoms with Crippen molar-refractivity contribution >= 4 is 6.09 Å². The van der Waals surface area contributed by atoms with Crippen molar-refractivity contribution < 1.29 is 19.0 Å². The minimum Gasteiger partial charge on any atom is -0.454 e. The van der Waals surface area contributed by atoms with Gasteiger partial charge in [-0.05, 0) is 30.7 Å². The molecule has 98 valence electrons. The molecule has 0 fully saturated rings. The Kier molecular flexibility index (Phi) is 4.25. The average molecular weight is 252 g/mol. The summed E-state index contributed by atoms with van der Waals surface area (Å²) in [6.45, 7) is 1.50. The number of fused-ring (bicyclic) bond motifs is 1. The second kappa shape index (κ2) is 6.11. The third kappa shape index (κ3) is 3.27. The van der Waals surface area contributed by atoms with Crippen LogP contribution in [0.1, 0.15) is 12.0 Å². The van der Waals surface area contributed by atoms with Gasteiger partial charge in [0.05, 0.1) is 0 Å². The van der Waals surface area contributed by atoms with Crippen LogP contribution >= 0.6 is 0 Å². The van der Waals surface area contributed by atoms with Crippen LogP contribution in [-0.2, 0) is 11.3 Å². The molecule has 3 N–H and O–H groups in total. The number of amides is 1. The number of ether oxygens (including phenoxy) is 3. The Morgan fingerprint density at radius 2 is 2.22 bits per heavy atom. The molecular formula is C12H16N2O4. The van der Waals surface area contributed by atoms with Crippen molar-refractivity contribution in [1.82, 2.24) is 5.32 Å². The van der Waals surface area contributed by atoms with Crippen molar-refractivity contribution in [3.63, 3.8) is 0 Å². The van der Waals surface area contributed by atoms with Crippen LogP contribution in [0.4, 0.5) is 4.79 Å². The summed E-state index contributed by atoms with van der Waals surface area (Å²) >= 11 is 0. The van der Waals surface area contributed by atoms with Gasteiger partial charge in [-0.25, -0.2) is 4.79 Å². The second-order valence-electron chi connectivity index (χ2n) is 3.83. The highest BCUT2D eigenvalue weighted by molar-refractivity contribution is 5.67. The first-order valence-corrected chi connectivity index (χ1v) is 5.79. The van der Waals surface area contributed by atoms with Crippen LogP contribution in [0.5, 0.6) is 11.5 Å². The molecule has 0 saturated carbocycles. The number of hydrogen-bond donors (Lipinski definition) is 2. The van der Waals surface area contributed by atoms with E-state index in [2.05, 4.69) is 5.32 Å². The first kappa shape index (κ1) is 12.5. The third-order valence-electron chi connectivity index (χ3n) is 2.46. The van der Waals surface area contributed by atoms with Gasteiger partial charge in [0.1, 0.15) is 6.61 Å². The van der Waals surface area contributed by atoms with Crippen molar-refractivity contribution in [3.05, 3.63) is 23.8 Å². The Morgan fingerprint density at radius 3 is 3.06 bits per heavy atom. The van der Waals surface area contributed by atoms with Crippen LogP contribution in [-0.4, -0.2) is 26.0 Å². The average Bonchev–Trinajstić information content (AvgIpc) is 2.84. The van der Waals surface area contributed by atoms with E-state index in [4.69, 9.17) is 19.9 Å². The minimum atomic E-state index is -0.443. The van der Waals surface area contributed by atoms with Gasteiger partial charge in [0.25, 0.3) is 0 Å². The molecule has 1 aliphatic rings. The lowest BCUT2D eigenvalue weighted by molar-refractivity contribution is 0.139. The fourth-order valence-electron chi connectivity index (χ4n) is 1.52. The number of hydrogen-bond acceptors (Lipinski definition) is 5. The van der Waals surface area contributed by atoms with Crippen molar-refractivity contribution in [1.29, 1.82) is 0 Å². The Balaban J connectivity index is 1.78. The topological polar surface area (TPSA) is 82.8 Å². The van der Waals surface area contributed by atoms with E-state index in [0.717, 1.165) is 12.0 Å². The van der Waals surface area contributed by atoms with E-state index >= 15 is 0 Å². The Labute approximate surface area is 105 Å². The molecule has 0 aliphatic carbocycles. The molecule has 18 heavy (non-hydrogen) atoms. The zero-order valence-corrected chi connectivity index (χ0v) is 9.98. The van der Waals surface area contributed by atoms with Gasteiger partial charge in [0.15, 0.2) is 11.5 Å². The zero-order chi connectivity index (χ0) is 12.8. The standard InChI is InChI=1S/C12H16N2O4/c13-4-1-5-14-12(15)16-7-9-2-3-10-11(6-9)18-8-17-10/h2-3,6H,1,4-5,7-8,13H2,(H,14,15). The predicted molar refractivity (Wildman–Crippen MR) is 64.4 cm³/mol. The first-order chi connectivity index (χ1) is 8.79. The summed E-state index contributed by atoms with van der Waals surface area (Å²) in [4.78, 5) is 11.3. The summed E-state index contributed by atoms with van der Waals surface area (Å²) in [5.74, 6) is 1.39. The van der Waals surface area contributed by atoms with E-state index in [9.17, 15) is 4.79 Å². The van der Waals surface area contributed by atoms with E-state index in [-0.39, 0.29) is 13.4 Å². The maximum absolute atomic E-state index is 11.3. The normalized spacial score (nSPS) is 12.3. The summed E-state index contributed by atoms with van der Waals surface area (Å²) in [7, 11) is 0. The molecule has 1 heterocycles. The van der Waals surface area contributed by atoms with E-state index < -0.39 is 6.09 Å². The molecule has 1 amide bonds. The highest BCUT2D eigenvalue weighted by Crippen LogP contribution is 2.32. The maximum atomic E-state index is 11.3. The largest absolute Gasteiger partial charge is 0.454 e. The van der Waals surface area contributed by atoms with Crippen LogP contribution in [0.2, 0.25) is 0 Å². The SMILES string of the molecule is NCCCNC(=O)OCc1ccc2c(c1)OCO2. The molecule has 0 bridgehead atoms. The summed E-state index contributed by atoms with van der Waals surface area (Å²) in [6, 6.07) is 5.43. The number of benzene rings is 1. The molecule has 1 aliphatic heterocycles. The molecule has 0 saturated heterocycles. The fraction of sp³-hybridized carbons (Fsp3) is 0.417. The zero-order valence-electron chi connectivity index (χ0n) is 9.98. The van der Waals surface area contributed by atoms with Gasteiger partial charge < -0.3 is 25.3 Å². The highest BCUT2D eigenvalue weighted by Gasteiger charge is 2.13. The number of nitrogens with one attached hydrogen (secondary N) is 1. The molecule has 0 radical (unpaired) electrons. The van der Waals surface area contributed by atoms with Crippen LogP contribution in [0.25, 0.3) is 0 Å². The monoisotopic (exact) mass is 252 g/mol. The Hall–Kier alpha value is -1.95. The third-order valence-corrected chi connectivity index (χ3v) is 2.46. The van der Waals surface area contributed by atoms with Gasteiger partial charge in [-0.3, -0.25) is 0 Å². The van der Waals surface area contributed by atoms with Crippen molar-refractivity contribution in [2.24, 2.45) is 5.73 Å². The van der Waals surface area contributed by atoms with Crippen LogP contribution in [0, 0.1) is 0 Å². The van der Waals surface area contributed by atoms with Gasteiger partial charge in [-0.1, -0.05) is 6.07 Å². The summed E-state index contributed by atoms with van der Waals surface area (Å²) in [5, 5.41) is 2.61. The number of alkyl carbamates (subject to hydrolysis) is 1. The number of rotatable bonds is 5. The van der Waals surface area contributed by atoms with Crippen LogP contribution < -0.4 is 20.5 Å². The smallest absolute Gasteiger partial charge is 0.407 e. The van der Waals surface area contributed by atoms with Crippen molar-refractivity contribution in [3.8, 4) is 11.5 Å². The molecule has 1 aromatic rings. The lowest BCUT2D eigenvalue weighted by Crippen LogP contribution is -2.26. The van der Waals surface area contributed by atoms with Crippen LogP contribution in [0.15, 0.2) is 18.2 Å². The van der Waals surface area contributed by atoms with Crippen molar-refractivity contribution in [2.45, 2.75) is 13.0 Å². The predicted octanol–water partition coefficient (Wildman–Crippen LogP) is 0.990. The Morgan fingerprint density at radius 1 is 1.39 bits per heavy atom. The minimum absolute atomic E-state index is 0.200. The van der Waals surface area contributed by atoms with E-state index in [0.29, 0.717) is 24.6 Å². The summed E-state index contributed by atoms with van der Waals surface area (Å²) < 4.78 is 15.5. The van der Waals surface area contributed by atoms with Crippen molar-refractivity contribution in [2.75, 3.05) is 19.9 Å². The van der Waals surface area contributed by atoms with Crippen LogP contribution in [0.3, 0.4) is 0 Å². The lowest BCUT2D eigenvalue weighted by atomic mass is 10.2. The van der Waals surface area contributed by atoms with E-state index in [1.54, 1.807) is 12.1 Å². The number of nitrogens with two attached hydrogens (primary N) is 1. The van der Waals surface area contributed by atoms with E-state index in [1.807, 2.05) is 6.07 Å². The van der Waals surface area contributed by atoms with Gasteiger partial charge in [-0.2, -0.15) is 0 Å². The molecule has 0 atom stereocenters. The molecule has 6 nitrogen and oxygen atoms in total. The number of carbonyl (C=O) groups excluding carboxylic acids is 1. The summed E-state index contributed by atoms with van der Waals surface area (Å²) in [5.41, 5.74) is 6.17.